The van der Waals surface area contributed by atoms with Gasteiger partial charge in [-0.1, -0.05) is 78.9 Å². The molecule has 0 aliphatic rings. The lowest BCUT2D eigenvalue weighted by molar-refractivity contribution is 0.0974. The van der Waals surface area contributed by atoms with Crippen molar-refractivity contribution < 1.29 is 4.79 Å². The first-order valence-electron chi connectivity index (χ1n) is 8.42. The summed E-state index contributed by atoms with van der Waals surface area (Å²) >= 11 is 3.48. The minimum atomic E-state index is -0.393. The first-order valence-corrected chi connectivity index (χ1v) is 9.22. The average Bonchev–Trinajstić information content (AvgIpc) is 2.69. The molecule has 1 unspecified atom stereocenters. The highest BCUT2D eigenvalue weighted by molar-refractivity contribution is 9.10. The molecule has 1 atom stereocenters. The van der Waals surface area contributed by atoms with E-state index in [-0.39, 0.29) is 5.78 Å². The number of hydrogen-bond donors (Lipinski definition) is 0. The summed E-state index contributed by atoms with van der Waals surface area (Å²) in [7, 11) is 0. The van der Waals surface area contributed by atoms with Crippen molar-refractivity contribution in [1.29, 1.82) is 0 Å². The normalized spacial score (nSPS) is 12.0. The summed E-state index contributed by atoms with van der Waals surface area (Å²) in [5.74, 6) is -0.315. The Bertz CT molecular complexity index is 1060. The number of para-hydroxylation sites is 1. The number of hydrogen-bond acceptors (Lipinski definition) is 2. The summed E-state index contributed by atoms with van der Waals surface area (Å²) in [5.41, 5.74) is 3.46. The van der Waals surface area contributed by atoms with Crippen molar-refractivity contribution in [1.82, 2.24) is 4.98 Å². The van der Waals surface area contributed by atoms with Crippen LogP contribution in [0.3, 0.4) is 0 Å². The van der Waals surface area contributed by atoms with Crippen LogP contribution in [0.4, 0.5) is 0 Å². The Morgan fingerprint density at radius 1 is 0.846 bits per heavy atom. The van der Waals surface area contributed by atoms with Crippen LogP contribution in [0.1, 0.15) is 27.4 Å². The highest BCUT2D eigenvalue weighted by Gasteiger charge is 2.26. The molecule has 126 valence electrons. The Hall–Kier alpha value is -2.78. The molecule has 0 aliphatic heterocycles. The molecule has 3 heteroatoms. The van der Waals surface area contributed by atoms with Crippen molar-refractivity contribution in [3.8, 4) is 0 Å². The largest absolute Gasteiger partial charge is 0.293 e. The Balaban J connectivity index is 1.94. The van der Waals surface area contributed by atoms with E-state index in [1.54, 1.807) is 6.20 Å². The predicted octanol–water partition coefficient (Wildman–Crippen LogP) is 6.01. The summed E-state index contributed by atoms with van der Waals surface area (Å²) in [6.07, 6.45) is 1.78. The zero-order chi connectivity index (χ0) is 17.9. The third kappa shape index (κ3) is 3.18. The molecule has 4 aromatic rings. The van der Waals surface area contributed by atoms with E-state index in [9.17, 15) is 4.79 Å². The molecule has 1 aromatic heterocycles. The Morgan fingerprint density at radius 2 is 1.54 bits per heavy atom. The second-order valence-electron chi connectivity index (χ2n) is 6.15. The lowest BCUT2D eigenvalue weighted by Gasteiger charge is -2.18. The topological polar surface area (TPSA) is 30.0 Å². The van der Waals surface area contributed by atoms with Crippen molar-refractivity contribution in [3.63, 3.8) is 0 Å². The minimum absolute atomic E-state index is 0.0778. The Labute approximate surface area is 160 Å². The molecule has 0 N–H and O–H groups in total. The van der Waals surface area contributed by atoms with E-state index in [2.05, 4.69) is 20.9 Å². The van der Waals surface area contributed by atoms with Gasteiger partial charge in [0, 0.05) is 21.6 Å². The van der Waals surface area contributed by atoms with Gasteiger partial charge in [-0.05, 0) is 33.1 Å². The zero-order valence-corrected chi connectivity index (χ0v) is 15.6. The monoisotopic (exact) mass is 401 g/mol. The van der Waals surface area contributed by atoms with Gasteiger partial charge in [0.05, 0.1) is 11.4 Å². The molecule has 0 amide bonds. The number of halogens is 1. The highest BCUT2D eigenvalue weighted by atomic mass is 79.9. The summed E-state index contributed by atoms with van der Waals surface area (Å²) in [4.78, 5) is 18.0. The van der Waals surface area contributed by atoms with Gasteiger partial charge < -0.3 is 0 Å². The van der Waals surface area contributed by atoms with E-state index in [4.69, 9.17) is 0 Å². The summed E-state index contributed by atoms with van der Waals surface area (Å²) in [6, 6.07) is 27.4. The number of rotatable bonds is 4. The molecular formula is C23H16BrNO. The summed E-state index contributed by atoms with van der Waals surface area (Å²) in [6.45, 7) is 0. The van der Waals surface area contributed by atoms with Crippen LogP contribution in [0.2, 0.25) is 0 Å². The SMILES string of the molecule is O=C(c1ccccc1)C(c1ccccc1)c1cccc2cc(Br)cnc12. The highest BCUT2D eigenvalue weighted by Crippen LogP contribution is 2.33. The fraction of sp³-hybridized carbons (Fsp3) is 0.0435. The van der Waals surface area contributed by atoms with Crippen LogP contribution in [0.25, 0.3) is 10.9 Å². The first kappa shape index (κ1) is 16.7. The molecule has 26 heavy (non-hydrogen) atoms. The second kappa shape index (κ2) is 7.22. The molecule has 0 radical (unpaired) electrons. The van der Waals surface area contributed by atoms with E-state index in [0.717, 1.165) is 26.5 Å². The number of nitrogens with zero attached hydrogens (tertiary/aromatic N) is 1. The Morgan fingerprint density at radius 3 is 2.27 bits per heavy atom. The van der Waals surface area contributed by atoms with Gasteiger partial charge in [-0.25, -0.2) is 0 Å². The maximum absolute atomic E-state index is 13.4. The lowest BCUT2D eigenvalue weighted by Crippen LogP contribution is -2.15. The van der Waals surface area contributed by atoms with E-state index in [0.29, 0.717) is 5.56 Å². The molecule has 0 saturated carbocycles. The number of benzene rings is 3. The number of Topliss-reactive ketones (excluding diaryl/α,β-unsaturated/α-hetero) is 1. The van der Waals surface area contributed by atoms with E-state index >= 15 is 0 Å². The van der Waals surface area contributed by atoms with Crippen LogP contribution in [0.15, 0.2) is 95.6 Å². The van der Waals surface area contributed by atoms with Crippen molar-refractivity contribution >= 4 is 32.6 Å². The molecule has 0 spiro atoms. The van der Waals surface area contributed by atoms with Gasteiger partial charge in [-0.2, -0.15) is 0 Å². The third-order valence-electron chi connectivity index (χ3n) is 4.47. The van der Waals surface area contributed by atoms with Gasteiger partial charge in [0.25, 0.3) is 0 Å². The van der Waals surface area contributed by atoms with Gasteiger partial charge in [0.1, 0.15) is 0 Å². The number of aromatic nitrogens is 1. The van der Waals surface area contributed by atoms with Gasteiger partial charge in [-0.3, -0.25) is 9.78 Å². The molecule has 4 rings (SSSR count). The van der Waals surface area contributed by atoms with Gasteiger partial charge in [0.2, 0.25) is 0 Å². The average molecular weight is 402 g/mol. The standard InChI is InChI=1S/C23H16BrNO/c24-19-14-18-12-7-13-20(22(18)25-15-19)21(16-8-3-1-4-9-16)23(26)17-10-5-2-6-11-17/h1-15,21H. The Kier molecular flexibility index (Phi) is 4.63. The smallest absolute Gasteiger partial charge is 0.174 e. The maximum Gasteiger partial charge on any atom is 0.174 e. The minimum Gasteiger partial charge on any atom is -0.293 e. The molecule has 2 nitrogen and oxygen atoms in total. The van der Waals surface area contributed by atoms with E-state index in [1.165, 1.54) is 0 Å². The van der Waals surface area contributed by atoms with Crippen molar-refractivity contribution in [2.45, 2.75) is 5.92 Å². The molecule has 0 bridgehead atoms. The molecule has 0 aliphatic carbocycles. The van der Waals surface area contributed by atoms with E-state index < -0.39 is 5.92 Å². The fourth-order valence-electron chi connectivity index (χ4n) is 3.28. The fourth-order valence-corrected chi connectivity index (χ4v) is 3.63. The van der Waals surface area contributed by atoms with E-state index in [1.807, 2.05) is 84.9 Å². The van der Waals surface area contributed by atoms with Crippen LogP contribution < -0.4 is 0 Å². The van der Waals surface area contributed by atoms with Gasteiger partial charge in [0.15, 0.2) is 5.78 Å². The molecule has 1 heterocycles. The first-order chi connectivity index (χ1) is 12.7. The molecular weight excluding hydrogens is 386 g/mol. The molecule has 0 saturated heterocycles. The quantitative estimate of drug-likeness (QED) is 0.391. The summed E-state index contributed by atoms with van der Waals surface area (Å²) in [5, 5.41) is 1.01. The number of carbonyl (C=O) groups excluding carboxylic acids is 1. The van der Waals surface area contributed by atoms with Crippen molar-refractivity contribution in [3.05, 3.63) is 112 Å². The number of carbonyl (C=O) groups is 1. The van der Waals surface area contributed by atoms with Crippen LogP contribution in [-0.4, -0.2) is 10.8 Å². The van der Waals surface area contributed by atoms with Crippen molar-refractivity contribution in [2.75, 3.05) is 0 Å². The van der Waals surface area contributed by atoms with Crippen LogP contribution >= 0.6 is 15.9 Å². The number of fused-ring (bicyclic) bond motifs is 1. The number of ketones is 1. The zero-order valence-electron chi connectivity index (χ0n) is 14.0. The van der Waals surface area contributed by atoms with Crippen molar-refractivity contribution in [2.24, 2.45) is 0 Å². The molecule has 3 aromatic carbocycles. The lowest BCUT2D eigenvalue weighted by atomic mass is 9.84. The summed E-state index contributed by atoms with van der Waals surface area (Å²) < 4.78 is 0.924. The van der Waals surface area contributed by atoms with Gasteiger partial charge in [-0.15, -0.1) is 0 Å². The maximum atomic E-state index is 13.4. The van der Waals surface area contributed by atoms with Crippen LogP contribution in [-0.2, 0) is 0 Å². The predicted molar refractivity (Wildman–Crippen MR) is 109 cm³/mol. The number of pyridine rings is 1. The third-order valence-corrected chi connectivity index (χ3v) is 4.91. The van der Waals surface area contributed by atoms with Crippen LogP contribution in [0.5, 0.6) is 0 Å². The van der Waals surface area contributed by atoms with Gasteiger partial charge >= 0.3 is 0 Å². The van der Waals surface area contributed by atoms with Crippen LogP contribution in [0, 0.1) is 0 Å². The molecule has 0 fully saturated rings. The second-order valence-corrected chi connectivity index (χ2v) is 7.06.